The zero-order valence-electron chi connectivity index (χ0n) is 10.2. The summed E-state index contributed by atoms with van der Waals surface area (Å²) in [5.74, 6) is 0.0872. The second-order valence-electron chi connectivity index (χ2n) is 5.26. The molecule has 3 nitrogen and oxygen atoms in total. The molecule has 3 heteroatoms. The molecule has 3 rings (SSSR count). The molecular formula is C14H18N2O. The van der Waals surface area contributed by atoms with Gasteiger partial charge in [-0.05, 0) is 44.5 Å². The molecule has 90 valence electrons. The topological polar surface area (TPSA) is 41.1 Å². The maximum atomic E-state index is 11.9. The average Bonchev–Trinajstić information content (AvgIpc) is 2.36. The normalized spacial score (nSPS) is 22.1. The number of carbonyl (C=O) groups is 1. The predicted octanol–water partition coefficient (Wildman–Crippen LogP) is 1.36. The number of nitrogens with one attached hydrogen (secondary N) is 2. The second-order valence-corrected chi connectivity index (χ2v) is 5.26. The Labute approximate surface area is 102 Å². The number of hydrogen-bond acceptors (Lipinski definition) is 2. The van der Waals surface area contributed by atoms with Crippen molar-refractivity contribution in [1.29, 1.82) is 0 Å². The van der Waals surface area contributed by atoms with Crippen LogP contribution in [0.1, 0.15) is 34.3 Å². The maximum Gasteiger partial charge on any atom is 0.251 e. The van der Waals surface area contributed by atoms with Crippen molar-refractivity contribution in [2.24, 2.45) is 0 Å². The van der Waals surface area contributed by atoms with Gasteiger partial charge < -0.3 is 10.6 Å². The highest BCUT2D eigenvalue weighted by molar-refractivity contribution is 5.97. The average molecular weight is 230 g/mol. The molecule has 2 aliphatic heterocycles. The molecule has 0 aliphatic carbocycles. The number of hydrogen-bond donors (Lipinski definition) is 2. The third-order valence-corrected chi connectivity index (χ3v) is 4.14. The fourth-order valence-corrected chi connectivity index (χ4v) is 3.09. The summed E-state index contributed by atoms with van der Waals surface area (Å²) in [6.45, 7) is 4.98. The number of carbonyl (C=O) groups excluding carboxylic acids is 1. The number of rotatable bonds is 0. The van der Waals surface area contributed by atoms with E-state index in [1.165, 1.54) is 11.1 Å². The minimum Gasteiger partial charge on any atom is -0.351 e. The van der Waals surface area contributed by atoms with Crippen molar-refractivity contribution in [3.8, 4) is 0 Å². The first-order chi connectivity index (χ1) is 8.21. The van der Waals surface area contributed by atoms with Crippen molar-refractivity contribution < 1.29 is 4.79 Å². The van der Waals surface area contributed by atoms with Crippen LogP contribution in [-0.4, -0.2) is 25.5 Å². The molecular weight excluding hydrogens is 212 g/mol. The van der Waals surface area contributed by atoms with E-state index in [0.717, 1.165) is 38.0 Å². The summed E-state index contributed by atoms with van der Waals surface area (Å²) in [6, 6.07) is 6.21. The summed E-state index contributed by atoms with van der Waals surface area (Å²) in [6.07, 6.45) is 2.23. The first kappa shape index (κ1) is 10.8. The number of piperidine rings is 1. The van der Waals surface area contributed by atoms with Crippen LogP contribution >= 0.6 is 0 Å². The molecule has 0 radical (unpaired) electrons. The predicted molar refractivity (Wildman–Crippen MR) is 67.3 cm³/mol. The van der Waals surface area contributed by atoms with Gasteiger partial charge in [-0.3, -0.25) is 4.79 Å². The van der Waals surface area contributed by atoms with Crippen LogP contribution < -0.4 is 10.6 Å². The molecule has 17 heavy (non-hydrogen) atoms. The fraction of sp³-hybridized carbons (Fsp3) is 0.500. The van der Waals surface area contributed by atoms with E-state index in [4.69, 9.17) is 0 Å². The largest absolute Gasteiger partial charge is 0.351 e. The minimum absolute atomic E-state index is 0.0872. The molecule has 0 aromatic heterocycles. The monoisotopic (exact) mass is 230 g/mol. The molecule has 0 bridgehead atoms. The standard InChI is InChI=1S/C14H18N2O/c1-10-2-3-11-12(8-10)14(9-16-13(11)17)4-6-15-7-5-14/h2-3,8,15H,4-7,9H2,1H3,(H,16,17). The van der Waals surface area contributed by atoms with Crippen molar-refractivity contribution in [3.05, 3.63) is 34.9 Å². The Bertz CT molecular complexity index is 461. The molecule has 2 aliphatic rings. The van der Waals surface area contributed by atoms with Crippen LogP contribution in [0.15, 0.2) is 18.2 Å². The summed E-state index contributed by atoms with van der Waals surface area (Å²) >= 11 is 0. The van der Waals surface area contributed by atoms with Crippen molar-refractivity contribution in [2.75, 3.05) is 19.6 Å². The van der Waals surface area contributed by atoms with Crippen molar-refractivity contribution in [3.63, 3.8) is 0 Å². The van der Waals surface area contributed by atoms with E-state index in [1.54, 1.807) is 0 Å². The van der Waals surface area contributed by atoms with Gasteiger partial charge in [0.25, 0.3) is 5.91 Å². The third kappa shape index (κ3) is 1.65. The highest BCUT2D eigenvalue weighted by atomic mass is 16.1. The van der Waals surface area contributed by atoms with Crippen LogP contribution in [0.2, 0.25) is 0 Å². The van der Waals surface area contributed by atoms with Gasteiger partial charge in [0, 0.05) is 17.5 Å². The van der Waals surface area contributed by atoms with Crippen molar-refractivity contribution >= 4 is 5.91 Å². The van der Waals surface area contributed by atoms with Gasteiger partial charge in [-0.2, -0.15) is 0 Å². The maximum absolute atomic E-state index is 11.9. The summed E-state index contributed by atoms with van der Waals surface area (Å²) in [5, 5.41) is 6.45. The quantitative estimate of drug-likeness (QED) is 0.706. The lowest BCUT2D eigenvalue weighted by Gasteiger charge is -2.42. The first-order valence-corrected chi connectivity index (χ1v) is 6.31. The van der Waals surface area contributed by atoms with E-state index in [1.807, 2.05) is 12.1 Å². The Balaban J connectivity index is 2.12. The zero-order chi connectivity index (χ0) is 11.9. The summed E-state index contributed by atoms with van der Waals surface area (Å²) in [7, 11) is 0. The Morgan fingerprint density at radius 3 is 2.76 bits per heavy atom. The number of amides is 1. The van der Waals surface area contributed by atoms with Crippen LogP contribution in [0, 0.1) is 6.92 Å². The minimum atomic E-state index is 0.0872. The van der Waals surface area contributed by atoms with Crippen molar-refractivity contribution in [2.45, 2.75) is 25.2 Å². The summed E-state index contributed by atoms with van der Waals surface area (Å²) in [4.78, 5) is 11.9. The molecule has 2 N–H and O–H groups in total. The number of benzene rings is 1. The van der Waals surface area contributed by atoms with Gasteiger partial charge >= 0.3 is 0 Å². The van der Waals surface area contributed by atoms with E-state index in [9.17, 15) is 4.79 Å². The van der Waals surface area contributed by atoms with Gasteiger partial charge in [-0.25, -0.2) is 0 Å². The van der Waals surface area contributed by atoms with Crippen LogP contribution in [0.5, 0.6) is 0 Å². The van der Waals surface area contributed by atoms with Gasteiger partial charge in [0.2, 0.25) is 0 Å². The molecule has 0 unspecified atom stereocenters. The Morgan fingerprint density at radius 2 is 2.00 bits per heavy atom. The van der Waals surface area contributed by atoms with Crippen LogP contribution in [0.3, 0.4) is 0 Å². The SMILES string of the molecule is Cc1ccc2c(c1)C1(CCNCC1)CNC2=O. The van der Waals surface area contributed by atoms with Gasteiger partial charge in [-0.15, -0.1) is 0 Å². The van der Waals surface area contributed by atoms with Crippen LogP contribution in [0.25, 0.3) is 0 Å². The smallest absolute Gasteiger partial charge is 0.251 e. The highest BCUT2D eigenvalue weighted by Crippen LogP contribution is 2.37. The zero-order valence-corrected chi connectivity index (χ0v) is 10.2. The Kier molecular flexibility index (Phi) is 2.44. The van der Waals surface area contributed by atoms with E-state index in [-0.39, 0.29) is 11.3 Å². The molecule has 1 spiro atoms. The van der Waals surface area contributed by atoms with E-state index in [2.05, 4.69) is 23.6 Å². The molecule has 2 heterocycles. The molecule has 1 aromatic carbocycles. The van der Waals surface area contributed by atoms with Crippen molar-refractivity contribution in [1.82, 2.24) is 10.6 Å². The molecule has 1 fully saturated rings. The van der Waals surface area contributed by atoms with Gasteiger partial charge in [-0.1, -0.05) is 17.7 Å². The second kappa shape index (κ2) is 3.84. The summed E-state index contributed by atoms with van der Waals surface area (Å²) in [5.41, 5.74) is 3.56. The molecule has 0 atom stereocenters. The van der Waals surface area contributed by atoms with Gasteiger partial charge in [0.05, 0.1) is 0 Å². The highest BCUT2D eigenvalue weighted by Gasteiger charge is 2.40. The molecule has 0 saturated carbocycles. The van der Waals surface area contributed by atoms with Gasteiger partial charge in [0.1, 0.15) is 0 Å². The Morgan fingerprint density at radius 1 is 1.24 bits per heavy atom. The third-order valence-electron chi connectivity index (χ3n) is 4.14. The number of aryl methyl sites for hydroxylation is 1. The fourth-order valence-electron chi connectivity index (χ4n) is 3.09. The molecule has 1 aromatic rings. The lowest BCUT2D eigenvalue weighted by Crippen LogP contribution is -2.51. The van der Waals surface area contributed by atoms with Crippen LogP contribution in [0.4, 0.5) is 0 Å². The van der Waals surface area contributed by atoms with Gasteiger partial charge in [0.15, 0.2) is 0 Å². The molecule has 1 saturated heterocycles. The number of fused-ring (bicyclic) bond motifs is 2. The first-order valence-electron chi connectivity index (χ1n) is 6.31. The van der Waals surface area contributed by atoms with E-state index in [0.29, 0.717) is 0 Å². The van der Waals surface area contributed by atoms with E-state index < -0.39 is 0 Å². The molecule has 1 amide bonds. The Hall–Kier alpha value is -1.35. The lowest BCUT2D eigenvalue weighted by molar-refractivity contribution is 0.0914. The van der Waals surface area contributed by atoms with Crippen LogP contribution in [-0.2, 0) is 5.41 Å². The van der Waals surface area contributed by atoms with E-state index >= 15 is 0 Å². The summed E-state index contributed by atoms with van der Waals surface area (Å²) < 4.78 is 0. The lowest BCUT2D eigenvalue weighted by atomic mass is 9.69.